The van der Waals surface area contributed by atoms with Gasteiger partial charge in [0.25, 0.3) is 0 Å². The van der Waals surface area contributed by atoms with Gasteiger partial charge in [-0.05, 0) is 18.4 Å². The third kappa shape index (κ3) is 3.36. The molecule has 1 aromatic carbocycles. The number of aromatic nitrogens is 2. The van der Waals surface area contributed by atoms with E-state index in [1.54, 1.807) is 4.90 Å². The molecule has 1 aliphatic rings. The highest BCUT2D eigenvalue weighted by molar-refractivity contribution is 5.86. The first-order valence-corrected chi connectivity index (χ1v) is 7.54. The maximum atomic E-state index is 12.5. The van der Waals surface area contributed by atoms with Crippen LogP contribution >= 0.6 is 0 Å². The van der Waals surface area contributed by atoms with Crippen molar-refractivity contribution in [2.45, 2.75) is 25.3 Å². The lowest BCUT2D eigenvalue weighted by Crippen LogP contribution is -2.32. The molecule has 1 aromatic heterocycles. The number of carboxylic acid groups (broad SMARTS) is 1. The summed E-state index contributed by atoms with van der Waals surface area (Å²) in [4.78, 5) is 33.5. The number of carbonyl (C=O) groups is 2. The van der Waals surface area contributed by atoms with Gasteiger partial charge in [0.2, 0.25) is 5.91 Å². The molecule has 0 saturated carbocycles. The quantitative estimate of drug-likeness (QED) is 0.934. The van der Waals surface area contributed by atoms with E-state index in [0.717, 1.165) is 18.4 Å². The minimum Gasteiger partial charge on any atom is -0.478 e. The second-order valence-electron chi connectivity index (χ2n) is 5.54. The van der Waals surface area contributed by atoms with Crippen molar-refractivity contribution in [1.82, 2.24) is 14.9 Å². The SMILES string of the molecule is O=C(O)c1cnc(C2CCCN2C(=O)Cc2ccccc2)nc1. The second-order valence-corrected chi connectivity index (χ2v) is 5.54. The highest BCUT2D eigenvalue weighted by Gasteiger charge is 2.31. The molecule has 6 heteroatoms. The number of rotatable bonds is 4. The normalized spacial score (nSPS) is 17.2. The lowest BCUT2D eigenvalue weighted by Gasteiger charge is -2.23. The van der Waals surface area contributed by atoms with Crippen LogP contribution in [-0.4, -0.2) is 38.4 Å². The number of benzene rings is 1. The van der Waals surface area contributed by atoms with E-state index in [-0.39, 0.29) is 17.5 Å². The van der Waals surface area contributed by atoms with E-state index in [1.807, 2.05) is 30.3 Å². The van der Waals surface area contributed by atoms with Crippen LogP contribution in [0, 0.1) is 0 Å². The van der Waals surface area contributed by atoms with Crippen molar-refractivity contribution >= 4 is 11.9 Å². The zero-order chi connectivity index (χ0) is 16.2. The van der Waals surface area contributed by atoms with Gasteiger partial charge in [-0.25, -0.2) is 14.8 Å². The van der Waals surface area contributed by atoms with E-state index in [4.69, 9.17) is 5.11 Å². The molecule has 0 bridgehead atoms. The van der Waals surface area contributed by atoms with Crippen LogP contribution in [0.25, 0.3) is 0 Å². The van der Waals surface area contributed by atoms with Crippen LogP contribution in [0.2, 0.25) is 0 Å². The first kappa shape index (κ1) is 15.1. The summed E-state index contributed by atoms with van der Waals surface area (Å²) in [6.07, 6.45) is 4.64. The molecule has 2 heterocycles. The Kier molecular flexibility index (Phi) is 4.32. The Labute approximate surface area is 133 Å². The monoisotopic (exact) mass is 311 g/mol. The Morgan fingerprint density at radius 1 is 1.17 bits per heavy atom. The fraction of sp³-hybridized carbons (Fsp3) is 0.294. The molecule has 1 aliphatic heterocycles. The summed E-state index contributed by atoms with van der Waals surface area (Å²) < 4.78 is 0. The van der Waals surface area contributed by atoms with Crippen molar-refractivity contribution in [3.8, 4) is 0 Å². The minimum absolute atomic E-state index is 0.0459. The van der Waals surface area contributed by atoms with E-state index in [1.165, 1.54) is 12.4 Å². The number of amides is 1. The van der Waals surface area contributed by atoms with Crippen molar-refractivity contribution in [3.05, 3.63) is 59.7 Å². The number of nitrogens with zero attached hydrogens (tertiary/aromatic N) is 3. The fourth-order valence-corrected chi connectivity index (χ4v) is 2.83. The molecule has 0 aliphatic carbocycles. The smallest absolute Gasteiger partial charge is 0.338 e. The lowest BCUT2D eigenvalue weighted by molar-refractivity contribution is -0.131. The molecule has 1 fully saturated rings. The molecule has 1 N–H and O–H groups in total. The van der Waals surface area contributed by atoms with Crippen LogP contribution in [-0.2, 0) is 11.2 Å². The molecule has 23 heavy (non-hydrogen) atoms. The molecule has 6 nitrogen and oxygen atoms in total. The van der Waals surface area contributed by atoms with Gasteiger partial charge in [0.1, 0.15) is 0 Å². The van der Waals surface area contributed by atoms with Gasteiger partial charge in [-0.1, -0.05) is 30.3 Å². The van der Waals surface area contributed by atoms with Crippen molar-refractivity contribution in [2.24, 2.45) is 0 Å². The number of aromatic carboxylic acids is 1. The molecule has 1 unspecified atom stereocenters. The topological polar surface area (TPSA) is 83.4 Å². The average Bonchev–Trinajstić information content (AvgIpc) is 3.05. The first-order valence-electron chi connectivity index (χ1n) is 7.54. The molecular weight excluding hydrogens is 294 g/mol. The van der Waals surface area contributed by atoms with Crippen LogP contribution in [0.15, 0.2) is 42.7 Å². The summed E-state index contributed by atoms with van der Waals surface area (Å²) in [6.45, 7) is 0.681. The molecule has 1 saturated heterocycles. The molecule has 1 amide bonds. The zero-order valence-electron chi connectivity index (χ0n) is 12.6. The van der Waals surface area contributed by atoms with Crippen LogP contribution in [0.5, 0.6) is 0 Å². The highest BCUT2D eigenvalue weighted by atomic mass is 16.4. The summed E-state index contributed by atoms with van der Waals surface area (Å²) in [5.74, 6) is -0.501. The predicted molar refractivity (Wildman–Crippen MR) is 82.8 cm³/mol. The molecule has 2 aromatic rings. The second kappa shape index (κ2) is 6.56. The number of hydrogen-bond acceptors (Lipinski definition) is 4. The van der Waals surface area contributed by atoms with E-state index >= 15 is 0 Å². The molecule has 1 atom stereocenters. The summed E-state index contributed by atoms with van der Waals surface area (Å²) >= 11 is 0. The van der Waals surface area contributed by atoms with E-state index in [2.05, 4.69) is 9.97 Å². The van der Waals surface area contributed by atoms with Gasteiger partial charge < -0.3 is 10.0 Å². The van der Waals surface area contributed by atoms with Gasteiger partial charge in [-0.15, -0.1) is 0 Å². The molecular formula is C17H17N3O3. The van der Waals surface area contributed by atoms with Crippen LogP contribution in [0.3, 0.4) is 0 Å². The minimum atomic E-state index is -1.06. The highest BCUT2D eigenvalue weighted by Crippen LogP contribution is 2.30. The standard InChI is InChI=1S/C17H17N3O3/c21-15(9-12-5-2-1-3-6-12)20-8-4-7-14(20)16-18-10-13(11-19-16)17(22)23/h1-3,5-6,10-11,14H,4,7-9H2,(H,22,23). The number of hydrogen-bond donors (Lipinski definition) is 1. The van der Waals surface area contributed by atoms with Crippen molar-refractivity contribution in [2.75, 3.05) is 6.54 Å². The van der Waals surface area contributed by atoms with Crippen molar-refractivity contribution < 1.29 is 14.7 Å². The Bertz CT molecular complexity index is 701. The van der Waals surface area contributed by atoms with Gasteiger partial charge >= 0.3 is 5.97 Å². The summed E-state index contributed by atoms with van der Waals surface area (Å²) in [7, 11) is 0. The van der Waals surface area contributed by atoms with Gasteiger partial charge in [0, 0.05) is 18.9 Å². The Balaban J connectivity index is 1.74. The average molecular weight is 311 g/mol. The Morgan fingerprint density at radius 3 is 2.52 bits per heavy atom. The van der Waals surface area contributed by atoms with Gasteiger partial charge in [-0.3, -0.25) is 4.79 Å². The van der Waals surface area contributed by atoms with E-state index in [9.17, 15) is 9.59 Å². The third-order valence-electron chi connectivity index (χ3n) is 3.99. The third-order valence-corrected chi connectivity index (χ3v) is 3.99. The fourth-order valence-electron chi connectivity index (χ4n) is 2.83. The van der Waals surface area contributed by atoms with Gasteiger partial charge in [-0.2, -0.15) is 0 Å². The van der Waals surface area contributed by atoms with Crippen LogP contribution in [0.4, 0.5) is 0 Å². The zero-order valence-corrected chi connectivity index (χ0v) is 12.6. The Hall–Kier alpha value is -2.76. The van der Waals surface area contributed by atoms with Crippen LogP contribution in [0.1, 0.15) is 40.6 Å². The number of carboxylic acids is 1. The van der Waals surface area contributed by atoms with Crippen molar-refractivity contribution in [1.29, 1.82) is 0 Å². The first-order chi connectivity index (χ1) is 11.1. The molecule has 118 valence electrons. The van der Waals surface area contributed by atoms with E-state index in [0.29, 0.717) is 18.8 Å². The Morgan fingerprint density at radius 2 is 1.87 bits per heavy atom. The largest absolute Gasteiger partial charge is 0.478 e. The maximum Gasteiger partial charge on any atom is 0.338 e. The van der Waals surface area contributed by atoms with Gasteiger partial charge in [0.05, 0.1) is 18.0 Å². The molecule has 0 radical (unpaired) electrons. The van der Waals surface area contributed by atoms with Gasteiger partial charge in [0.15, 0.2) is 5.82 Å². The maximum absolute atomic E-state index is 12.5. The number of likely N-dealkylation sites (tertiary alicyclic amines) is 1. The molecule has 0 spiro atoms. The van der Waals surface area contributed by atoms with Crippen LogP contribution < -0.4 is 0 Å². The van der Waals surface area contributed by atoms with Crippen molar-refractivity contribution in [3.63, 3.8) is 0 Å². The number of carbonyl (C=O) groups excluding carboxylic acids is 1. The summed E-state index contributed by atoms with van der Waals surface area (Å²) in [6, 6.07) is 9.44. The van der Waals surface area contributed by atoms with E-state index < -0.39 is 5.97 Å². The summed E-state index contributed by atoms with van der Waals surface area (Å²) in [5, 5.41) is 8.90. The molecule has 3 rings (SSSR count). The summed E-state index contributed by atoms with van der Waals surface area (Å²) in [5.41, 5.74) is 1.03. The lowest BCUT2D eigenvalue weighted by atomic mass is 10.1. The predicted octanol–water partition coefficient (Wildman–Crippen LogP) is 2.08.